The molecule has 3 aromatic rings. The maximum atomic E-state index is 12.8. The first kappa shape index (κ1) is 21.6. The molecule has 9 heteroatoms. The van der Waals surface area contributed by atoms with Crippen molar-refractivity contribution in [1.82, 2.24) is 10.2 Å². The minimum absolute atomic E-state index is 0.0537. The van der Waals surface area contributed by atoms with Gasteiger partial charge in [-0.15, -0.1) is 10.2 Å². The second-order valence-electron chi connectivity index (χ2n) is 7.56. The lowest BCUT2D eigenvalue weighted by Gasteiger charge is -2.27. The zero-order chi connectivity index (χ0) is 22.6. The second kappa shape index (κ2) is 9.25. The highest BCUT2D eigenvalue weighted by Gasteiger charge is 2.30. The number of hydrogen-bond acceptors (Lipinski definition) is 4. The van der Waals surface area contributed by atoms with Crippen molar-refractivity contribution in [2.24, 2.45) is 0 Å². The number of aromatic nitrogens is 2. The van der Waals surface area contributed by atoms with Gasteiger partial charge in [0.15, 0.2) is 5.82 Å². The molecule has 1 fully saturated rings. The van der Waals surface area contributed by atoms with Crippen LogP contribution in [0.3, 0.4) is 0 Å². The van der Waals surface area contributed by atoms with Crippen LogP contribution in [0.2, 0.25) is 0 Å². The number of nitrogens with one attached hydrogen (secondary N) is 2. The SMILES string of the molecule is O=C(Nc1ccc(-c2ccc(N3CCCCC3)nn2)cc1)Nc1cccc(C(F)(F)F)c1. The summed E-state index contributed by atoms with van der Waals surface area (Å²) >= 11 is 0. The number of carbonyl (C=O) groups excluding carboxylic acids is 1. The largest absolute Gasteiger partial charge is 0.416 e. The maximum Gasteiger partial charge on any atom is 0.416 e. The van der Waals surface area contributed by atoms with E-state index < -0.39 is 17.8 Å². The number of halogens is 3. The summed E-state index contributed by atoms with van der Waals surface area (Å²) in [7, 11) is 0. The van der Waals surface area contributed by atoms with Crippen LogP contribution in [-0.4, -0.2) is 29.3 Å². The normalized spacial score (nSPS) is 14.2. The van der Waals surface area contributed by atoms with Crippen molar-refractivity contribution < 1.29 is 18.0 Å². The molecule has 0 aliphatic carbocycles. The summed E-state index contributed by atoms with van der Waals surface area (Å²) in [6.07, 6.45) is -0.891. The molecule has 1 saturated heterocycles. The topological polar surface area (TPSA) is 70.2 Å². The van der Waals surface area contributed by atoms with Crippen molar-refractivity contribution in [2.45, 2.75) is 25.4 Å². The first-order chi connectivity index (χ1) is 15.4. The predicted molar refractivity (Wildman–Crippen MR) is 118 cm³/mol. The van der Waals surface area contributed by atoms with Gasteiger partial charge in [-0.2, -0.15) is 13.2 Å². The Balaban J connectivity index is 1.37. The Morgan fingerprint density at radius 1 is 0.844 bits per heavy atom. The number of benzene rings is 2. The van der Waals surface area contributed by atoms with Crippen molar-refractivity contribution in [3.8, 4) is 11.3 Å². The van der Waals surface area contributed by atoms with Gasteiger partial charge < -0.3 is 15.5 Å². The number of nitrogens with zero attached hydrogens (tertiary/aromatic N) is 3. The van der Waals surface area contributed by atoms with Gasteiger partial charge in [0, 0.05) is 30.0 Å². The van der Waals surface area contributed by atoms with E-state index in [0.29, 0.717) is 11.4 Å². The van der Waals surface area contributed by atoms with Crippen LogP contribution in [0.25, 0.3) is 11.3 Å². The van der Waals surface area contributed by atoms with Crippen molar-refractivity contribution in [1.29, 1.82) is 0 Å². The Morgan fingerprint density at radius 3 is 2.22 bits per heavy atom. The van der Waals surface area contributed by atoms with Gasteiger partial charge in [-0.1, -0.05) is 18.2 Å². The monoisotopic (exact) mass is 441 g/mol. The van der Waals surface area contributed by atoms with Gasteiger partial charge >= 0.3 is 12.2 Å². The average Bonchev–Trinajstić information content (AvgIpc) is 2.80. The van der Waals surface area contributed by atoms with E-state index in [9.17, 15) is 18.0 Å². The molecule has 0 saturated carbocycles. The molecule has 2 heterocycles. The lowest BCUT2D eigenvalue weighted by atomic mass is 10.1. The van der Waals surface area contributed by atoms with Crippen LogP contribution in [-0.2, 0) is 6.18 Å². The van der Waals surface area contributed by atoms with Gasteiger partial charge in [-0.3, -0.25) is 0 Å². The van der Waals surface area contributed by atoms with E-state index in [1.54, 1.807) is 24.3 Å². The molecule has 1 aliphatic heterocycles. The lowest BCUT2D eigenvalue weighted by molar-refractivity contribution is -0.137. The quantitative estimate of drug-likeness (QED) is 0.537. The number of alkyl halides is 3. The van der Waals surface area contributed by atoms with Crippen molar-refractivity contribution in [3.05, 3.63) is 66.2 Å². The van der Waals surface area contributed by atoms with Gasteiger partial charge in [0.25, 0.3) is 0 Å². The molecule has 0 radical (unpaired) electrons. The molecule has 0 unspecified atom stereocenters. The summed E-state index contributed by atoms with van der Waals surface area (Å²) in [6.45, 7) is 1.99. The molecule has 6 nitrogen and oxygen atoms in total. The third kappa shape index (κ3) is 5.35. The van der Waals surface area contributed by atoms with E-state index in [1.807, 2.05) is 12.1 Å². The molecule has 2 aromatic carbocycles. The van der Waals surface area contributed by atoms with E-state index in [0.717, 1.165) is 36.6 Å². The lowest BCUT2D eigenvalue weighted by Crippen LogP contribution is -2.30. The molecule has 2 amide bonds. The number of hydrogen-bond donors (Lipinski definition) is 2. The van der Waals surface area contributed by atoms with Crippen molar-refractivity contribution >= 4 is 23.2 Å². The van der Waals surface area contributed by atoms with E-state index >= 15 is 0 Å². The van der Waals surface area contributed by atoms with Crippen LogP contribution in [0.1, 0.15) is 24.8 Å². The Labute approximate surface area is 183 Å². The molecular formula is C23H22F3N5O. The van der Waals surface area contributed by atoms with Gasteiger partial charge in [0.1, 0.15) is 0 Å². The van der Waals surface area contributed by atoms with Gasteiger partial charge in [-0.05, 0) is 61.7 Å². The van der Waals surface area contributed by atoms with Crippen LogP contribution in [0.4, 0.5) is 35.2 Å². The fourth-order valence-corrected chi connectivity index (χ4v) is 3.56. The number of anilines is 3. The van der Waals surface area contributed by atoms with Gasteiger partial charge in [0.05, 0.1) is 11.3 Å². The average molecular weight is 441 g/mol. The summed E-state index contributed by atoms with van der Waals surface area (Å²) in [5.41, 5.74) is 1.28. The van der Waals surface area contributed by atoms with Gasteiger partial charge in [-0.25, -0.2) is 4.79 Å². The summed E-state index contributed by atoms with van der Waals surface area (Å²) in [6, 6.07) is 14.7. The van der Waals surface area contributed by atoms with Gasteiger partial charge in [0.2, 0.25) is 0 Å². The summed E-state index contributed by atoms with van der Waals surface area (Å²) in [5, 5.41) is 13.7. The standard InChI is InChI=1S/C23H22F3N5O/c24-23(25,26)17-5-4-6-19(15-17)28-22(32)27-18-9-7-16(8-10-18)20-11-12-21(30-29-20)31-13-2-1-3-14-31/h4-12,15H,1-3,13-14H2,(H2,27,28,32). The minimum Gasteiger partial charge on any atom is -0.355 e. The molecule has 0 bridgehead atoms. The molecule has 1 aliphatic rings. The first-order valence-electron chi connectivity index (χ1n) is 10.3. The van der Waals surface area contributed by atoms with Crippen molar-refractivity contribution in [2.75, 3.05) is 28.6 Å². The molecule has 166 valence electrons. The first-order valence-corrected chi connectivity index (χ1v) is 10.3. The molecule has 0 spiro atoms. The Kier molecular flexibility index (Phi) is 6.25. The number of carbonyl (C=O) groups is 1. The molecular weight excluding hydrogens is 419 g/mol. The number of piperidine rings is 1. The molecule has 32 heavy (non-hydrogen) atoms. The predicted octanol–water partition coefficient (Wildman–Crippen LogP) is 5.80. The third-order valence-corrected chi connectivity index (χ3v) is 5.22. The fourth-order valence-electron chi connectivity index (χ4n) is 3.56. The molecule has 0 atom stereocenters. The Morgan fingerprint density at radius 2 is 1.56 bits per heavy atom. The highest BCUT2D eigenvalue weighted by molar-refractivity contribution is 5.99. The molecule has 4 rings (SSSR count). The zero-order valence-electron chi connectivity index (χ0n) is 17.2. The minimum atomic E-state index is -4.47. The number of rotatable bonds is 4. The van der Waals surface area contributed by atoms with E-state index in [-0.39, 0.29) is 5.69 Å². The Hall–Kier alpha value is -3.62. The van der Waals surface area contributed by atoms with Crippen LogP contribution in [0, 0.1) is 0 Å². The van der Waals surface area contributed by atoms with E-state index in [4.69, 9.17) is 0 Å². The molecule has 1 aromatic heterocycles. The van der Waals surface area contributed by atoms with Crippen LogP contribution >= 0.6 is 0 Å². The number of urea groups is 1. The summed E-state index contributed by atoms with van der Waals surface area (Å²) < 4.78 is 38.4. The zero-order valence-corrected chi connectivity index (χ0v) is 17.2. The second-order valence-corrected chi connectivity index (χ2v) is 7.56. The van der Waals surface area contributed by atoms with Crippen LogP contribution in [0.15, 0.2) is 60.7 Å². The number of amides is 2. The Bertz CT molecular complexity index is 1060. The van der Waals surface area contributed by atoms with E-state index in [1.165, 1.54) is 31.4 Å². The van der Waals surface area contributed by atoms with E-state index in [2.05, 4.69) is 25.7 Å². The summed E-state index contributed by atoms with van der Waals surface area (Å²) in [4.78, 5) is 14.4. The highest BCUT2D eigenvalue weighted by Crippen LogP contribution is 2.30. The van der Waals surface area contributed by atoms with Crippen molar-refractivity contribution in [3.63, 3.8) is 0 Å². The third-order valence-electron chi connectivity index (χ3n) is 5.22. The highest BCUT2D eigenvalue weighted by atomic mass is 19.4. The van der Waals surface area contributed by atoms with Crippen LogP contribution in [0.5, 0.6) is 0 Å². The summed E-state index contributed by atoms with van der Waals surface area (Å²) in [5.74, 6) is 0.873. The fraction of sp³-hybridized carbons (Fsp3) is 0.261. The smallest absolute Gasteiger partial charge is 0.355 e. The maximum absolute atomic E-state index is 12.8. The van der Waals surface area contributed by atoms with Crippen LogP contribution < -0.4 is 15.5 Å². The molecule has 2 N–H and O–H groups in total.